The Morgan fingerprint density at radius 1 is 1.30 bits per heavy atom. The Bertz CT molecular complexity index is 486. The van der Waals surface area contributed by atoms with Crippen molar-refractivity contribution in [3.05, 3.63) is 29.8 Å². The number of carbonyl (C=O) groups is 1. The first kappa shape index (κ1) is 17.7. The van der Waals surface area contributed by atoms with Crippen LogP contribution in [0.2, 0.25) is 0 Å². The number of carbonyl (C=O) groups excluding carboxylic acids is 1. The van der Waals surface area contributed by atoms with Crippen molar-refractivity contribution in [2.75, 3.05) is 19.6 Å². The van der Waals surface area contributed by atoms with E-state index >= 15 is 0 Å². The lowest BCUT2D eigenvalue weighted by molar-refractivity contribution is -0.121. The van der Waals surface area contributed by atoms with Crippen LogP contribution in [0.15, 0.2) is 24.3 Å². The van der Waals surface area contributed by atoms with Crippen molar-refractivity contribution in [2.45, 2.75) is 45.3 Å². The molecule has 1 fully saturated rings. The number of likely N-dealkylation sites (tertiary alicyclic amines) is 1. The number of nitrogens with zero attached hydrogens (tertiary/aromatic N) is 1. The molecule has 0 radical (unpaired) electrons. The molecule has 1 aliphatic heterocycles. The maximum atomic E-state index is 12.1. The van der Waals surface area contributed by atoms with Crippen molar-refractivity contribution < 1.29 is 18.3 Å². The number of amides is 1. The molecule has 0 aromatic heterocycles. The molecule has 1 amide bonds. The summed E-state index contributed by atoms with van der Waals surface area (Å²) < 4.78 is 28.4. The SMILES string of the molecule is CCCN1CCC(NC(=O)Cc2ccc(OC(F)F)cc2)CC1. The number of hydrogen-bond donors (Lipinski definition) is 1. The van der Waals surface area contributed by atoms with Crippen LogP contribution in [0.4, 0.5) is 8.78 Å². The summed E-state index contributed by atoms with van der Waals surface area (Å²) in [4.78, 5) is 14.5. The molecule has 0 saturated carbocycles. The van der Waals surface area contributed by atoms with Gasteiger partial charge in [0.25, 0.3) is 0 Å². The van der Waals surface area contributed by atoms with Crippen molar-refractivity contribution in [1.82, 2.24) is 10.2 Å². The largest absolute Gasteiger partial charge is 0.435 e. The molecule has 1 aromatic rings. The van der Waals surface area contributed by atoms with E-state index in [0.29, 0.717) is 0 Å². The fourth-order valence-corrected chi connectivity index (χ4v) is 2.87. The van der Waals surface area contributed by atoms with E-state index < -0.39 is 6.61 Å². The summed E-state index contributed by atoms with van der Waals surface area (Å²) in [6.07, 6.45) is 3.37. The molecule has 1 aliphatic rings. The van der Waals surface area contributed by atoms with Gasteiger partial charge in [-0.25, -0.2) is 0 Å². The minimum Gasteiger partial charge on any atom is -0.435 e. The molecule has 1 saturated heterocycles. The highest BCUT2D eigenvalue weighted by Crippen LogP contribution is 2.16. The Morgan fingerprint density at radius 3 is 2.52 bits per heavy atom. The van der Waals surface area contributed by atoms with Crippen molar-refractivity contribution in [2.24, 2.45) is 0 Å². The zero-order valence-corrected chi connectivity index (χ0v) is 13.4. The molecule has 6 heteroatoms. The van der Waals surface area contributed by atoms with Crippen LogP contribution in [0.1, 0.15) is 31.7 Å². The average Bonchev–Trinajstić information content (AvgIpc) is 2.51. The van der Waals surface area contributed by atoms with Crippen LogP contribution in [0.3, 0.4) is 0 Å². The smallest absolute Gasteiger partial charge is 0.387 e. The summed E-state index contributed by atoms with van der Waals surface area (Å²) in [5, 5.41) is 3.06. The summed E-state index contributed by atoms with van der Waals surface area (Å²) in [7, 11) is 0. The van der Waals surface area contributed by atoms with E-state index in [4.69, 9.17) is 0 Å². The predicted molar refractivity (Wildman–Crippen MR) is 84.7 cm³/mol. The van der Waals surface area contributed by atoms with Crippen LogP contribution in [0.25, 0.3) is 0 Å². The Hall–Kier alpha value is -1.69. The fourth-order valence-electron chi connectivity index (χ4n) is 2.87. The van der Waals surface area contributed by atoms with E-state index in [1.165, 1.54) is 12.1 Å². The molecule has 23 heavy (non-hydrogen) atoms. The first-order valence-corrected chi connectivity index (χ1v) is 8.12. The third-order valence-corrected chi connectivity index (χ3v) is 4.01. The molecule has 128 valence electrons. The van der Waals surface area contributed by atoms with Gasteiger partial charge < -0.3 is 15.0 Å². The Balaban J connectivity index is 1.74. The van der Waals surface area contributed by atoms with E-state index in [2.05, 4.69) is 21.9 Å². The van der Waals surface area contributed by atoms with Gasteiger partial charge in [0, 0.05) is 19.1 Å². The molecule has 1 aromatic carbocycles. The second-order valence-corrected chi connectivity index (χ2v) is 5.88. The summed E-state index contributed by atoms with van der Waals surface area (Å²) in [6.45, 7) is 2.51. The van der Waals surface area contributed by atoms with Gasteiger partial charge in [0.2, 0.25) is 5.91 Å². The lowest BCUT2D eigenvalue weighted by atomic mass is 10.0. The van der Waals surface area contributed by atoms with Crippen LogP contribution >= 0.6 is 0 Å². The molecule has 0 spiro atoms. The molecule has 1 N–H and O–H groups in total. The van der Waals surface area contributed by atoms with Gasteiger partial charge in [-0.3, -0.25) is 4.79 Å². The lowest BCUT2D eigenvalue weighted by Crippen LogP contribution is -2.45. The normalized spacial score (nSPS) is 16.5. The van der Waals surface area contributed by atoms with Gasteiger partial charge in [0.05, 0.1) is 6.42 Å². The Morgan fingerprint density at radius 2 is 1.96 bits per heavy atom. The summed E-state index contributed by atoms with van der Waals surface area (Å²) in [6, 6.07) is 6.43. The van der Waals surface area contributed by atoms with Crippen LogP contribution in [0, 0.1) is 0 Å². The number of hydrogen-bond acceptors (Lipinski definition) is 3. The minimum atomic E-state index is -2.83. The first-order chi connectivity index (χ1) is 11.1. The number of halogens is 2. The van der Waals surface area contributed by atoms with Gasteiger partial charge in [0.15, 0.2) is 0 Å². The number of nitrogens with one attached hydrogen (secondary N) is 1. The van der Waals surface area contributed by atoms with Crippen molar-refractivity contribution >= 4 is 5.91 Å². The summed E-state index contributed by atoms with van der Waals surface area (Å²) in [5.74, 6) is 0.0777. The number of benzene rings is 1. The molecule has 4 nitrogen and oxygen atoms in total. The highest BCUT2D eigenvalue weighted by molar-refractivity contribution is 5.78. The minimum absolute atomic E-state index is 0.0264. The molecule has 0 bridgehead atoms. The van der Waals surface area contributed by atoms with Crippen LogP contribution in [-0.2, 0) is 11.2 Å². The Labute approximate surface area is 135 Å². The van der Waals surface area contributed by atoms with Crippen LogP contribution in [0.5, 0.6) is 5.75 Å². The van der Waals surface area contributed by atoms with Crippen LogP contribution < -0.4 is 10.1 Å². The van der Waals surface area contributed by atoms with Crippen molar-refractivity contribution in [3.8, 4) is 5.75 Å². The third kappa shape index (κ3) is 6.14. The molecule has 2 rings (SSSR count). The zero-order valence-electron chi connectivity index (χ0n) is 13.4. The second-order valence-electron chi connectivity index (χ2n) is 5.88. The van der Waals surface area contributed by atoms with E-state index in [1.54, 1.807) is 12.1 Å². The van der Waals surface area contributed by atoms with Gasteiger partial charge in [-0.15, -0.1) is 0 Å². The van der Waals surface area contributed by atoms with E-state index in [0.717, 1.165) is 44.5 Å². The van der Waals surface area contributed by atoms with Gasteiger partial charge >= 0.3 is 6.61 Å². The van der Waals surface area contributed by atoms with Gasteiger partial charge in [-0.05, 0) is 43.5 Å². The number of piperidine rings is 1. The quantitative estimate of drug-likeness (QED) is 0.838. The monoisotopic (exact) mass is 326 g/mol. The van der Waals surface area contributed by atoms with Crippen molar-refractivity contribution in [1.29, 1.82) is 0 Å². The molecule has 0 aliphatic carbocycles. The zero-order chi connectivity index (χ0) is 16.7. The fraction of sp³-hybridized carbons (Fsp3) is 0.588. The maximum absolute atomic E-state index is 12.1. The third-order valence-electron chi connectivity index (χ3n) is 4.01. The lowest BCUT2D eigenvalue weighted by Gasteiger charge is -2.32. The van der Waals surface area contributed by atoms with E-state index in [9.17, 15) is 13.6 Å². The topological polar surface area (TPSA) is 41.6 Å². The maximum Gasteiger partial charge on any atom is 0.387 e. The molecule has 0 unspecified atom stereocenters. The van der Waals surface area contributed by atoms with E-state index in [1.807, 2.05) is 0 Å². The molecular weight excluding hydrogens is 302 g/mol. The highest BCUT2D eigenvalue weighted by Gasteiger charge is 2.20. The van der Waals surface area contributed by atoms with Crippen molar-refractivity contribution in [3.63, 3.8) is 0 Å². The molecule has 0 atom stereocenters. The number of ether oxygens (including phenoxy) is 1. The summed E-state index contributed by atoms with van der Waals surface area (Å²) >= 11 is 0. The predicted octanol–water partition coefficient (Wildman–Crippen LogP) is 2.82. The number of alkyl halides is 2. The van der Waals surface area contributed by atoms with Gasteiger partial charge in [0.1, 0.15) is 5.75 Å². The number of rotatable bonds is 7. The van der Waals surface area contributed by atoms with Gasteiger partial charge in [-0.2, -0.15) is 8.78 Å². The van der Waals surface area contributed by atoms with Crippen LogP contribution in [-0.4, -0.2) is 43.1 Å². The highest BCUT2D eigenvalue weighted by atomic mass is 19.3. The van der Waals surface area contributed by atoms with Gasteiger partial charge in [-0.1, -0.05) is 19.1 Å². The standard InChI is InChI=1S/C17H24F2N2O2/c1-2-9-21-10-7-14(8-11-21)20-16(22)12-13-3-5-15(6-4-13)23-17(18)19/h3-6,14,17H,2,7-12H2,1H3,(H,20,22). The summed E-state index contributed by atoms with van der Waals surface area (Å²) in [5.41, 5.74) is 0.785. The Kier molecular flexibility index (Phi) is 6.77. The first-order valence-electron chi connectivity index (χ1n) is 8.12. The van der Waals surface area contributed by atoms with E-state index in [-0.39, 0.29) is 24.1 Å². The average molecular weight is 326 g/mol. The second kappa shape index (κ2) is 8.82. The molecular formula is C17H24F2N2O2. The molecule has 1 heterocycles.